The number of alkyl halides is 6. The number of hydrogen-bond acceptors (Lipinski definition) is 4. The molecule has 0 aliphatic heterocycles. The Hall–Kier alpha value is -4.21. The van der Waals surface area contributed by atoms with Gasteiger partial charge in [-0.25, -0.2) is 0 Å². The average Bonchev–Trinajstić information content (AvgIpc) is 2.83. The number of hydrogen-bond donors (Lipinski definition) is 2. The quantitative estimate of drug-likeness (QED) is 0.247. The van der Waals surface area contributed by atoms with E-state index in [4.69, 9.17) is 4.74 Å². The topological polar surface area (TPSA) is 54.4 Å². The molecule has 3 aromatic carbocycles. The van der Waals surface area contributed by atoms with Gasteiger partial charge in [0.2, 0.25) is 0 Å². The first-order chi connectivity index (χ1) is 17.4. The summed E-state index contributed by atoms with van der Waals surface area (Å²) in [6.45, 7) is 3.86. The predicted molar refractivity (Wildman–Crippen MR) is 128 cm³/mol. The van der Waals surface area contributed by atoms with Crippen LogP contribution in [0.4, 0.5) is 32.0 Å². The van der Waals surface area contributed by atoms with Gasteiger partial charge < -0.3 is 15.2 Å². The van der Waals surface area contributed by atoms with Gasteiger partial charge in [-0.1, -0.05) is 30.8 Å². The van der Waals surface area contributed by atoms with Gasteiger partial charge in [-0.2, -0.15) is 26.3 Å². The van der Waals surface area contributed by atoms with Crippen LogP contribution in [-0.4, -0.2) is 16.7 Å². The van der Waals surface area contributed by atoms with Crippen LogP contribution >= 0.6 is 0 Å². The molecule has 0 bridgehead atoms. The second kappa shape index (κ2) is 10.0. The van der Waals surface area contributed by atoms with Gasteiger partial charge in [0.25, 0.3) is 0 Å². The molecule has 192 valence electrons. The summed E-state index contributed by atoms with van der Waals surface area (Å²) in [7, 11) is 0. The fraction of sp³-hybridized carbons (Fsp3) is 0.148. The molecule has 0 atom stereocenters. The average molecular weight is 518 g/mol. The lowest BCUT2D eigenvalue weighted by Gasteiger charge is -2.17. The van der Waals surface area contributed by atoms with Crippen molar-refractivity contribution in [2.75, 3.05) is 11.9 Å². The molecule has 0 saturated heterocycles. The molecule has 1 heterocycles. The minimum absolute atomic E-state index is 0.00848. The fourth-order valence-corrected chi connectivity index (χ4v) is 3.72. The Bertz CT molecular complexity index is 1450. The van der Waals surface area contributed by atoms with E-state index in [9.17, 15) is 31.4 Å². The van der Waals surface area contributed by atoms with Crippen molar-refractivity contribution in [2.24, 2.45) is 0 Å². The Labute approximate surface area is 207 Å². The number of phenolic OH excluding ortho intramolecular Hbond substituents is 1. The number of aromatic nitrogens is 1. The first kappa shape index (κ1) is 25.9. The van der Waals surface area contributed by atoms with Crippen LogP contribution < -0.4 is 10.1 Å². The van der Waals surface area contributed by atoms with Crippen molar-refractivity contribution in [1.82, 2.24) is 4.98 Å². The van der Waals surface area contributed by atoms with Gasteiger partial charge in [0, 0.05) is 35.3 Å². The molecule has 0 spiro atoms. The van der Waals surface area contributed by atoms with Crippen molar-refractivity contribution in [3.63, 3.8) is 0 Å². The third-order valence-electron chi connectivity index (χ3n) is 5.56. The van der Waals surface area contributed by atoms with Crippen LogP contribution in [0, 0.1) is 0 Å². The molecule has 0 amide bonds. The Balaban J connectivity index is 1.50. The monoisotopic (exact) mass is 518 g/mol. The summed E-state index contributed by atoms with van der Waals surface area (Å²) < 4.78 is 84.3. The third kappa shape index (κ3) is 6.14. The lowest BCUT2D eigenvalue weighted by atomic mass is 10.0. The van der Waals surface area contributed by atoms with E-state index in [1.807, 2.05) is 0 Å². The van der Waals surface area contributed by atoms with E-state index in [-0.39, 0.29) is 35.6 Å². The smallest absolute Gasteiger partial charge is 0.416 e. The SMILES string of the molecule is C=C(Nc1cc(O)ccc1OCCc1ccccc1C(F)(F)F)c1cnc2cc(C(F)(F)F)ccc2c1. The summed E-state index contributed by atoms with van der Waals surface area (Å²) in [6.07, 6.45) is -7.62. The number of rotatable bonds is 7. The molecule has 0 aliphatic carbocycles. The van der Waals surface area contributed by atoms with E-state index in [0.29, 0.717) is 22.3 Å². The molecule has 0 aliphatic rings. The highest BCUT2D eigenvalue weighted by molar-refractivity contribution is 5.86. The van der Waals surface area contributed by atoms with Gasteiger partial charge in [0.05, 0.1) is 28.9 Å². The number of fused-ring (bicyclic) bond motifs is 1. The van der Waals surface area contributed by atoms with Crippen LogP contribution in [0.15, 0.2) is 79.5 Å². The van der Waals surface area contributed by atoms with E-state index in [1.54, 1.807) is 6.07 Å². The largest absolute Gasteiger partial charge is 0.508 e. The van der Waals surface area contributed by atoms with Gasteiger partial charge in [-0.15, -0.1) is 0 Å². The number of halogens is 6. The predicted octanol–water partition coefficient (Wildman–Crippen LogP) is 7.68. The Morgan fingerprint density at radius 2 is 1.68 bits per heavy atom. The number of nitrogens with one attached hydrogen (secondary N) is 1. The fourth-order valence-electron chi connectivity index (χ4n) is 3.72. The Kier molecular flexibility index (Phi) is 7.02. The number of nitrogens with zero attached hydrogens (tertiary/aromatic N) is 1. The maximum atomic E-state index is 13.2. The van der Waals surface area contributed by atoms with Crippen LogP contribution in [0.25, 0.3) is 16.6 Å². The zero-order valence-corrected chi connectivity index (χ0v) is 19.1. The molecule has 0 fully saturated rings. The standard InChI is InChI=1S/C27H20F6N2O2/c1-16(19-12-18-6-7-20(26(28,29)30)13-23(18)34-15-19)35-24-14-21(36)8-9-25(24)37-11-10-17-4-2-3-5-22(17)27(31,32)33/h2-9,12-15,35-36H,1,10-11H2. The molecule has 2 N–H and O–H groups in total. The van der Waals surface area contributed by atoms with Crippen molar-refractivity contribution in [2.45, 2.75) is 18.8 Å². The number of anilines is 1. The molecule has 0 saturated carbocycles. The molecule has 1 aromatic heterocycles. The van der Waals surface area contributed by atoms with Gasteiger partial charge in [0.1, 0.15) is 11.5 Å². The molecule has 0 radical (unpaired) electrons. The van der Waals surface area contributed by atoms with Crippen molar-refractivity contribution >= 4 is 22.3 Å². The summed E-state index contributed by atoms with van der Waals surface area (Å²) in [5, 5.41) is 13.4. The van der Waals surface area contributed by atoms with Crippen LogP contribution in [0.2, 0.25) is 0 Å². The summed E-state index contributed by atoms with van der Waals surface area (Å²) in [5.41, 5.74) is -0.219. The minimum atomic E-state index is -4.49. The van der Waals surface area contributed by atoms with Gasteiger partial charge >= 0.3 is 12.4 Å². The lowest BCUT2D eigenvalue weighted by molar-refractivity contribution is -0.138. The van der Waals surface area contributed by atoms with Crippen molar-refractivity contribution < 1.29 is 36.2 Å². The van der Waals surface area contributed by atoms with Crippen LogP contribution in [0.5, 0.6) is 11.5 Å². The third-order valence-corrected chi connectivity index (χ3v) is 5.56. The van der Waals surface area contributed by atoms with Crippen LogP contribution in [-0.2, 0) is 18.8 Å². The van der Waals surface area contributed by atoms with E-state index < -0.39 is 23.5 Å². The van der Waals surface area contributed by atoms with E-state index in [1.165, 1.54) is 48.7 Å². The first-order valence-electron chi connectivity index (χ1n) is 11.0. The van der Waals surface area contributed by atoms with E-state index in [2.05, 4.69) is 16.9 Å². The van der Waals surface area contributed by atoms with E-state index in [0.717, 1.165) is 18.2 Å². The normalized spacial score (nSPS) is 11.9. The maximum absolute atomic E-state index is 13.2. The van der Waals surface area contributed by atoms with Gasteiger partial charge in [0.15, 0.2) is 0 Å². The molecular formula is C27H20F6N2O2. The summed E-state index contributed by atoms with van der Waals surface area (Å²) >= 11 is 0. The lowest BCUT2D eigenvalue weighted by Crippen LogP contribution is -2.12. The molecular weight excluding hydrogens is 498 g/mol. The number of ether oxygens (including phenoxy) is 1. The minimum Gasteiger partial charge on any atom is -0.508 e. The van der Waals surface area contributed by atoms with Crippen LogP contribution in [0.1, 0.15) is 22.3 Å². The highest BCUT2D eigenvalue weighted by atomic mass is 19.4. The Morgan fingerprint density at radius 3 is 2.41 bits per heavy atom. The van der Waals surface area contributed by atoms with Gasteiger partial charge in [-0.05, 0) is 42.0 Å². The number of benzene rings is 3. The molecule has 4 aromatic rings. The second-order valence-electron chi connectivity index (χ2n) is 8.17. The summed E-state index contributed by atoms with van der Waals surface area (Å²) in [6, 6.07) is 14.2. The van der Waals surface area contributed by atoms with Gasteiger partial charge in [-0.3, -0.25) is 4.98 Å². The number of aromatic hydroxyl groups is 1. The zero-order chi connectivity index (χ0) is 26.8. The zero-order valence-electron chi connectivity index (χ0n) is 19.1. The number of phenols is 1. The summed E-state index contributed by atoms with van der Waals surface area (Å²) in [4.78, 5) is 4.10. The Morgan fingerprint density at radius 1 is 0.919 bits per heavy atom. The highest BCUT2D eigenvalue weighted by Gasteiger charge is 2.33. The molecule has 4 nitrogen and oxygen atoms in total. The summed E-state index contributed by atoms with van der Waals surface area (Å²) in [5.74, 6) is 0.161. The molecule has 0 unspecified atom stereocenters. The van der Waals surface area contributed by atoms with Crippen LogP contribution in [0.3, 0.4) is 0 Å². The molecule has 37 heavy (non-hydrogen) atoms. The van der Waals surface area contributed by atoms with Crippen molar-refractivity contribution in [3.8, 4) is 11.5 Å². The first-order valence-corrected chi connectivity index (χ1v) is 11.0. The maximum Gasteiger partial charge on any atom is 0.416 e. The highest BCUT2D eigenvalue weighted by Crippen LogP contribution is 2.35. The molecule has 10 heteroatoms. The molecule has 4 rings (SSSR count). The van der Waals surface area contributed by atoms with Crippen molar-refractivity contribution in [1.29, 1.82) is 0 Å². The van der Waals surface area contributed by atoms with Crippen molar-refractivity contribution in [3.05, 3.63) is 102 Å². The van der Waals surface area contributed by atoms with E-state index >= 15 is 0 Å². The number of pyridine rings is 1. The second-order valence-corrected chi connectivity index (χ2v) is 8.17.